The van der Waals surface area contributed by atoms with Crippen LogP contribution in [0, 0.1) is 0 Å². The summed E-state index contributed by atoms with van der Waals surface area (Å²) in [7, 11) is -1.64. The average molecular weight is 277 g/mol. The molecule has 1 fully saturated rings. The van der Waals surface area contributed by atoms with Crippen LogP contribution >= 0.6 is 0 Å². The van der Waals surface area contributed by atoms with Crippen LogP contribution in [0.2, 0.25) is 0 Å². The van der Waals surface area contributed by atoms with Crippen molar-refractivity contribution in [1.82, 2.24) is 8.61 Å². The van der Waals surface area contributed by atoms with E-state index in [1.165, 1.54) is 4.31 Å². The molecule has 1 atom stereocenters. The lowest BCUT2D eigenvalue weighted by molar-refractivity contribution is 0.240. The quantitative estimate of drug-likeness (QED) is 0.710. The maximum Gasteiger partial charge on any atom is 0.282 e. The minimum Gasteiger partial charge on any atom is -0.329 e. The van der Waals surface area contributed by atoms with Crippen LogP contribution in [-0.4, -0.2) is 49.8 Å². The first-order valence-corrected chi connectivity index (χ1v) is 8.37. The lowest BCUT2D eigenvalue weighted by atomic mass is 10.1. The van der Waals surface area contributed by atoms with Crippen molar-refractivity contribution in [3.63, 3.8) is 0 Å². The summed E-state index contributed by atoms with van der Waals surface area (Å²) in [6.07, 6.45) is 6.00. The second-order valence-electron chi connectivity index (χ2n) is 5.03. The van der Waals surface area contributed by atoms with Crippen LogP contribution < -0.4 is 5.73 Å². The fourth-order valence-electron chi connectivity index (χ4n) is 2.39. The molecule has 0 aromatic carbocycles. The van der Waals surface area contributed by atoms with E-state index < -0.39 is 10.2 Å². The summed E-state index contributed by atoms with van der Waals surface area (Å²) in [5, 5.41) is 0. The van der Waals surface area contributed by atoms with Gasteiger partial charge in [0, 0.05) is 32.7 Å². The number of hydrogen-bond acceptors (Lipinski definition) is 3. The van der Waals surface area contributed by atoms with Gasteiger partial charge in [0.25, 0.3) is 10.2 Å². The Hall–Kier alpha value is -0.170. The number of nitrogens with two attached hydrogens (primary N) is 1. The Morgan fingerprint density at radius 2 is 2.06 bits per heavy atom. The Balaban J connectivity index is 2.65. The summed E-state index contributed by atoms with van der Waals surface area (Å²) in [6, 6.07) is -0.0163. The third-order valence-electron chi connectivity index (χ3n) is 3.61. The van der Waals surface area contributed by atoms with E-state index in [1.807, 2.05) is 0 Å². The van der Waals surface area contributed by atoms with Crippen molar-refractivity contribution in [3.8, 4) is 0 Å². The molecular weight excluding hydrogens is 250 g/mol. The summed E-state index contributed by atoms with van der Waals surface area (Å²) in [6.45, 7) is 3.75. The molecular formula is C12H27N3O2S. The molecule has 1 heterocycles. The lowest BCUT2D eigenvalue weighted by Gasteiger charge is -2.36. The molecule has 1 aliphatic rings. The van der Waals surface area contributed by atoms with E-state index in [0.717, 1.165) is 38.5 Å². The Bertz CT molecular complexity index is 332. The van der Waals surface area contributed by atoms with Gasteiger partial charge in [-0.3, -0.25) is 0 Å². The molecule has 1 unspecified atom stereocenters. The van der Waals surface area contributed by atoms with E-state index in [4.69, 9.17) is 5.73 Å². The summed E-state index contributed by atoms with van der Waals surface area (Å²) in [5.41, 5.74) is 5.69. The van der Waals surface area contributed by atoms with Crippen LogP contribution in [0.5, 0.6) is 0 Å². The number of rotatable bonds is 7. The van der Waals surface area contributed by atoms with Gasteiger partial charge >= 0.3 is 0 Å². The third kappa shape index (κ3) is 3.91. The van der Waals surface area contributed by atoms with Gasteiger partial charge in [0.1, 0.15) is 0 Å². The van der Waals surface area contributed by atoms with E-state index in [2.05, 4.69) is 6.92 Å². The Morgan fingerprint density at radius 3 is 2.67 bits per heavy atom. The average Bonchev–Trinajstić information content (AvgIpc) is 2.38. The molecule has 0 spiro atoms. The van der Waals surface area contributed by atoms with Crippen molar-refractivity contribution >= 4 is 10.2 Å². The van der Waals surface area contributed by atoms with Gasteiger partial charge in [0.05, 0.1) is 0 Å². The first-order valence-electron chi connectivity index (χ1n) is 6.97. The topological polar surface area (TPSA) is 66.6 Å². The molecule has 6 heteroatoms. The zero-order valence-corrected chi connectivity index (χ0v) is 12.5. The van der Waals surface area contributed by atoms with Crippen LogP contribution in [0.4, 0.5) is 0 Å². The maximum atomic E-state index is 12.4. The highest BCUT2D eigenvalue weighted by Gasteiger charge is 2.33. The van der Waals surface area contributed by atoms with Gasteiger partial charge in [-0.2, -0.15) is 17.0 Å². The predicted octanol–water partition coefficient (Wildman–Crippen LogP) is 1.17. The fourth-order valence-corrected chi connectivity index (χ4v) is 4.04. The molecule has 108 valence electrons. The fraction of sp³-hybridized carbons (Fsp3) is 1.00. The zero-order valence-electron chi connectivity index (χ0n) is 11.6. The van der Waals surface area contributed by atoms with Crippen LogP contribution in [0.15, 0.2) is 0 Å². The molecule has 0 bridgehead atoms. The van der Waals surface area contributed by atoms with Crippen LogP contribution in [0.1, 0.15) is 45.4 Å². The molecule has 0 radical (unpaired) electrons. The van der Waals surface area contributed by atoms with Crippen LogP contribution in [-0.2, 0) is 10.2 Å². The molecule has 0 saturated carbocycles. The van der Waals surface area contributed by atoms with Crippen molar-refractivity contribution < 1.29 is 8.42 Å². The molecule has 0 amide bonds. The van der Waals surface area contributed by atoms with E-state index >= 15 is 0 Å². The molecule has 2 N–H and O–H groups in total. The van der Waals surface area contributed by atoms with Crippen molar-refractivity contribution in [2.75, 3.05) is 26.7 Å². The SMILES string of the molecule is CCCCCN(C)S(=O)(=O)N1CCCCC1CN. The monoisotopic (exact) mass is 277 g/mol. The van der Waals surface area contributed by atoms with Gasteiger partial charge in [-0.05, 0) is 19.3 Å². The molecule has 5 nitrogen and oxygen atoms in total. The summed E-state index contributed by atoms with van der Waals surface area (Å²) in [4.78, 5) is 0. The highest BCUT2D eigenvalue weighted by atomic mass is 32.2. The van der Waals surface area contributed by atoms with Crippen molar-refractivity contribution in [3.05, 3.63) is 0 Å². The number of piperidine rings is 1. The van der Waals surface area contributed by atoms with E-state index in [9.17, 15) is 8.42 Å². The first kappa shape index (κ1) is 15.9. The van der Waals surface area contributed by atoms with E-state index in [1.54, 1.807) is 11.4 Å². The second-order valence-corrected chi connectivity index (χ2v) is 7.02. The molecule has 1 rings (SSSR count). The number of hydrogen-bond donors (Lipinski definition) is 1. The van der Waals surface area contributed by atoms with E-state index in [-0.39, 0.29) is 6.04 Å². The summed E-state index contributed by atoms with van der Waals surface area (Å²) >= 11 is 0. The third-order valence-corrected chi connectivity index (χ3v) is 5.66. The standard InChI is InChI=1S/C12H27N3O2S/c1-3-4-6-9-14(2)18(16,17)15-10-7-5-8-12(15)11-13/h12H,3-11,13H2,1-2H3. The molecule has 0 aromatic rings. The minimum atomic E-state index is -3.32. The molecule has 1 aliphatic heterocycles. The minimum absolute atomic E-state index is 0.0163. The summed E-state index contributed by atoms with van der Waals surface area (Å²) in [5.74, 6) is 0. The Morgan fingerprint density at radius 1 is 1.33 bits per heavy atom. The summed E-state index contributed by atoms with van der Waals surface area (Å²) < 4.78 is 28.0. The van der Waals surface area contributed by atoms with Gasteiger partial charge in [-0.1, -0.05) is 26.2 Å². The molecule has 1 saturated heterocycles. The van der Waals surface area contributed by atoms with E-state index in [0.29, 0.717) is 19.6 Å². The molecule has 18 heavy (non-hydrogen) atoms. The van der Waals surface area contributed by atoms with Crippen LogP contribution in [0.3, 0.4) is 0 Å². The van der Waals surface area contributed by atoms with Gasteiger partial charge in [0.15, 0.2) is 0 Å². The predicted molar refractivity (Wildman–Crippen MR) is 74.5 cm³/mol. The molecule has 0 aromatic heterocycles. The van der Waals surface area contributed by atoms with Crippen LogP contribution in [0.25, 0.3) is 0 Å². The lowest BCUT2D eigenvalue weighted by Crippen LogP contribution is -2.52. The normalized spacial score (nSPS) is 22.6. The van der Waals surface area contributed by atoms with Crippen molar-refractivity contribution in [2.24, 2.45) is 5.73 Å². The Labute approximate surface area is 112 Å². The van der Waals surface area contributed by atoms with Gasteiger partial charge in [0.2, 0.25) is 0 Å². The number of nitrogens with zero attached hydrogens (tertiary/aromatic N) is 2. The van der Waals surface area contributed by atoms with Crippen molar-refractivity contribution in [1.29, 1.82) is 0 Å². The van der Waals surface area contributed by atoms with Gasteiger partial charge in [-0.15, -0.1) is 0 Å². The smallest absolute Gasteiger partial charge is 0.282 e. The largest absolute Gasteiger partial charge is 0.329 e. The highest BCUT2D eigenvalue weighted by molar-refractivity contribution is 7.86. The van der Waals surface area contributed by atoms with Crippen molar-refractivity contribution in [2.45, 2.75) is 51.5 Å². The highest BCUT2D eigenvalue weighted by Crippen LogP contribution is 2.21. The maximum absolute atomic E-state index is 12.4. The Kier molecular flexibility index (Phi) is 6.55. The number of unbranched alkanes of at least 4 members (excludes halogenated alkanes) is 2. The second kappa shape index (κ2) is 7.43. The van der Waals surface area contributed by atoms with Gasteiger partial charge < -0.3 is 5.73 Å². The zero-order chi connectivity index (χ0) is 13.6. The van der Waals surface area contributed by atoms with Gasteiger partial charge in [-0.25, -0.2) is 0 Å². The molecule has 0 aliphatic carbocycles. The first-order chi connectivity index (χ1) is 8.54.